The maximum atomic E-state index is 5.38. The fourth-order valence-electron chi connectivity index (χ4n) is 18.7. The zero-order valence-corrected chi connectivity index (χ0v) is 67.4. The predicted molar refractivity (Wildman–Crippen MR) is 515 cm³/mol. The summed E-state index contributed by atoms with van der Waals surface area (Å²) in [5.74, 6) is 3.90. The predicted octanol–water partition coefficient (Wildman–Crippen LogP) is 31.8. The Morgan fingerprint density at radius 3 is 0.733 bits per heavy atom. The van der Waals surface area contributed by atoms with Crippen LogP contribution in [0.25, 0.3) is 257 Å². The van der Waals surface area contributed by atoms with Gasteiger partial charge >= 0.3 is 0 Å². The van der Waals surface area contributed by atoms with E-state index in [1.165, 1.54) is 172 Å². The molecule has 0 saturated carbocycles. The number of hydrogen-bond donors (Lipinski definition) is 0. The average Bonchev–Trinajstić information content (AvgIpc) is 0.952. The maximum absolute atomic E-state index is 5.38. The van der Waals surface area contributed by atoms with Gasteiger partial charge in [-0.1, -0.05) is 261 Å². The Bertz CT molecular complexity index is 8590. The molecule has 0 fully saturated rings. The molecular weight excluding hydrogens is 1530 g/mol. The minimum Gasteiger partial charge on any atom is -0.208 e. The monoisotopic (exact) mass is 1590 g/mol. The van der Waals surface area contributed by atoms with Gasteiger partial charge in [-0.05, 0) is 224 Å². The highest BCUT2D eigenvalue weighted by Gasteiger charge is 2.24. The molecule has 26 rings (SSSR count). The molecule has 26 aromatic rings. The van der Waals surface area contributed by atoms with E-state index in [0.717, 1.165) is 50.1 Å². The molecule has 0 atom stereocenters. The van der Waals surface area contributed by atoms with Gasteiger partial charge < -0.3 is 0 Å². The summed E-state index contributed by atoms with van der Waals surface area (Å²) in [7, 11) is 0. The van der Waals surface area contributed by atoms with Crippen LogP contribution < -0.4 is 0 Å². The first-order valence-electron chi connectivity index (χ1n) is 40.3. The third-order valence-corrected chi connectivity index (χ3v) is 28.8. The standard InChI is InChI=1S/2C55H31N3S2/c1-2-15-36-34(13-1)35-14-3-6-20-41(35)52-42-21-7-4-16-37(42)44(31-47(36)52)38-17-5-8-22-43(38)55-57-53(32-25-27-50-45(29-32)39-18-9-11-23-48(39)59-50)56-54(58-55)33-26-28-51-46(30-33)40-19-10-12-24-49(40)60-51;1-2-16-38-36(14-1)37-15-3-5-20-42(37)52-43-21-6-4-17-39(43)44(31-47(38)52)32-12-11-13-33(28-32)53-56-54(34-24-26-50-45(29-34)40-18-7-9-22-48(40)59-50)58-55(57-53)35-25-27-51-46(30-35)41-19-8-10-23-49(41)60-51/h2*1-31H. The van der Waals surface area contributed by atoms with Crippen LogP contribution in [0.4, 0.5) is 0 Å². The highest BCUT2D eigenvalue weighted by Crippen LogP contribution is 2.49. The molecule has 6 nitrogen and oxygen atoms in total. The van der Waals surface area contributed by atoms with Crippen molar-refractivity contribution in [1.82, 2.24) is 29.9 Å². The largest absolute Gasteiger partial charge is 0.208 e. The van der Waals surface area contributed by atoms with Crippen LogP contribution in [0.1, 0.15) is 0 Å². The van der Waals surface area contributed by atoms with Crippen LogP contribution in [-0.4, -0.2) is 29.9 Å². The lowest BCUT2D eigenvalue weighted by Crippen LogP contribution is -2.01. The van der Waals surface area contributed by atoms with Crippen LogP contribution in [0.3, 0.4) is 0 Å². The number of aromatic nitrogens is 6. The third-order valence-electron chi connectivity index (χ3n) is 24.2. The summed E-state index contributed by atoms with van der Waals surface area (Å²) >= 11 is 7.27. The van der Waals surface area contributed by atoms with Crippen LogP contribution in [-0.2, 0) is 0 Å². The molecule has 0 amide bonds. The molecule has 0 radical (unpaired) electrons. The summed E-state index contributed by atoms with van der Waals surface area (Å²) in [5.41, 5.74) is 10.3. The van der Waals surface area contributed by atoms with Crippen molar-refractivity contribution in [1.29, 1.82) is 0 Å². The first kappa shape index (κ1) is 68.6. The second-order valence-electron chi connectivity index (χ2n) is 30.9. The van der Waals surface area contributed by atoms with E-state index in [9.17, 15) is 0 Å². The van der Waals surface area contributed by atoms with Gasteiger partial charge in [-0.2, -0.15) is 0 Å². The molecule has 20 aromatic carbocycles. The van der Waals surface area contributed by atoms with E-state index in [-0.39, 0.29) is 0 Å². The zero-order chi connectivity index (χ0) is 78.6. The van der Waals surface area contributed by atoms with Crippen LogP contribution in [0.2, 0.25) is 0 Å². The molecule has 120 heavy (non-hydrogen) atoms. The van der Waals surface area contributed by atoms with Gasteiger partial charge in [0.05, 0.1) is 0 Å². The number of thiophene rings is 4. The summed E-state index contributed by atoms with van der Waals surface area (Å²) in [6.07, 6.45) is 0. The Hall–Kier alpha value is -14.6. The van der Waals surface area contributed by atoms with Crippen LogP contribution in [0, 0.1) is 0 Å². The molecule has 0 N–H and O–H groups in total. The Morgan fingerprint density at radius 1 is 0.125 bits per heavy atom. The van der Waals surface area contributed by atoms with E-state index in [2.05, 4.69) is 376 Å². The Morgan fingerprint density at radius 2 is 0.367 bits per heavy atom. The minimum absolute atomic E-state index is 0.642. The lowest BCUT2D eigenvalue weighted by molar-refractivity contribution is 1.08. The molecular formula is C110H62N6S4. The van der Waals surface area contributed by atoms with E-state index >= 15 is 0 Å². The quantitative estimate of drug-likeness (QED) is 0.141. The van der Waals surface area contributed by atoms with E-state index in [1.807, 2.05) is 45.3 Å². The Kier molecular flexibility index (Phi) is 15.7. The molecule has 0 aliphatic heterocycles. The number of hydrogen-bond acceptors (Lipinski definition) is 10. The van der Waals surface area contributed by atoms with E-state index < -0.39 is 0 Å². The molecule has 6 heterocycles. The van der Waals surface area contributed by atoms with Gasteiger partial charge in [0, 0.05) is 114 Å². The molecule has 0 aliphatic carbocycles. The van der Waals surface area contributed by atoms with Gasteiger partial charge in [0.2, 0.25) is 0 Å². The van der Waals surface area contributed by atoms with E-state index in [0.29, 0.717) is 34.9 Å². The normalized spacial score (nSPS) is 12.0. The minimum atomic E-state index is 0.642. The van der Waals surface area contributed by atoms with Gasteiger partial charge in [0.25, 0.3) is 0 Å². The summed E-state index contributed by atoms with van der Waals surface area (Å²) in [4.78, 5) is 31.8. The van der Waals surface area contributed by atoms with E-state index in [4.69, 9.17) is 29.9 Å². The summed E-state index contributed by atoms with van der Waals surface area (Å²) in [6, 6.07) is 136. The van der Waals surface area contributed by atoms with Gasteiger partial charge in [0.1, 0.15) is 0 Å². The van der Waals surface area contributed by atoms with Gasteiger partial charge in [-0.15, -0.1) is 45.3 Å². The van der Waals surface area contributed by atoms with Gasteiger partial charge in [-0.25, -0.2) is 29.9 Å². The fourth-order valence-corrected chi connectivity index (χ4v) is 23.1. The van der Waals surface area contributed by atoms with Crippen molar-refractivity contribution in [2.75, 3.05) is 0 Å². The SMILES string of the molecule is c1cc(-c2nc(-c3ccc4sc5ccccc5c4c3)nc(-c3ccc4sc5ccccc5c4c3)n2)cc(-c2cc3c4ccccc4c4ccccc4c3c3ccccc23)c1.c1ccc(-c2cc3c4ccccc4c4ccccc4c3c3ccccc23)c(-c2nc(-c3ccc4sc5ccccc5c4c3)nc(-c3ccc4sc5ccccc5c4c3)n2)c1. The van der Waals surface area contributed by atoms with Gasteiger partial charge in [0.15, 0.2) is 34.9 Å². The molecule has 6 aromatic heterocycles. The van der Waals surface area contributed by atoms with Crippen molar-refractivity contribution in [3.05, 3.63) is 376 Å². The smallest absolute Gasteiger partial charge is 0.164 e. The number of rotatable bonds is 8. The highest BCUT2D eigenvalue weighted by atomic mass is 32.1. The van der Waals surface area contributed by atoms with Crippen molar-refractivity contribution < 1.29 is 0 Å². The topological polar surface area (TPSA) is 77.3 Å². The second-order valence-corrected chi connectivity index (χ2v) is 35.3. The summed E-state index contributed by atoms with van der Waals surface area (Å²) < 4.78 is 10.1. The van der Waals surface area contributed by atoms with Gasteiger partial charge in [-0.3, -0.25) is 0 Å². The number of benzene rings is 20. The van der Waals surface area contributed by atoms with Crippen LogP contribution in [0.15, 0.2) is 376 Å². The third kappa shape index (κ3) is 11.1. The van der Waals surface area contributed by atoms with Crippen LogP contribution >= 0.6 is 45.3 Å². The average molecular weight is 1600 g/mol. The molecule has 10 heteroatoms. The second kappa shape index (κ2) is 27.5. The molecule has 0 spiro atoms. The number of nitrogens with zero attached hydrogens (tertiary/aromatic N) is 6. The molecule has 0 saturated heterocycles. The molecule has 556 valence electrons. The van der Waals surface area contributed by atoms with E-state index in [1.54, 1.807) is 0 Å². The van der Waals surface area contributed by atoms with Crippen molar-refractivity contribution in [2.45, 2.75) is 0 Å². The molecule has 0 aliphatic rings. The Balaban J connectivity index is 0.000000133. The highest BCUT2D eigenvalue weighted by molar-refractivity contribution is 7.27. The fraction of sp³-hybridized carbons (Fsp3) is 0. The molecule has 0 bridgehead atoms. The van der Waals surface area contributed by atoms with Crippen molar-refractivity contribution in [3.63, 3.8) is 0 Å². The molecule has 0 unspecified atom stereocenters. The van der Waals surface area contributed by atoms with Crippen molar-refractivity contribution in [3.8, 4) is 90.6 Å². The summed E-state index contributed by atoms with van der Waals surface area (Å²) in [5, 5.41) is 29.9. The van der Waals surface area contributed by atoms with Crippen molar-refractivity contribution in [2.24, 2.45) is 0 Å². The Labute approximate surface area is 703 Å². The van der Waals surface area contributed by atoms with Crippen LogP contribution in [0.5, 0.6) is 0 Å². The lowest BCUT2D eigenvalue weighted by Gasteiger charge is -2.18. The lowest BCUT2D eigenvalue weighted by atomic mass is 9.86. The first-order valence-corrected chi connectivity index (χ1v) is 43.6. The maximum Gasteiger partial charge on any atom is 0.164 e. The summed E-state index contributed by atoms with van der Waals surface area (Å²) in [6.45, 7) is 0. The van der Waals surface area contributed by atoms with Crippen molar-refractivity contribution >= 4 is 212 Å². The first-order chi connectivity index (χ1) is 59.4. The number of fused-ring (bicyclic) bond motifs is 28. The zero-order valence-electron chi connectivity index (χ0n) is 64.1.